The van der Waals surface area contributed by atoms with Crippen LogP contribution in [-0.4, -0.2) is 0 Å². The predicted octanol–water partition coefficient (Wildman–Crippen LogP) is 4.38. The molecular formula is C16H9BrN2. The molecule has 2 rings (SSSR count). The van der Waals surface area contributed by atoms with E-state index in [0.717, 1.165) is 15.6 Å². The van der Waals surface area contributed by atoms with E-state index in [9.17, 15) is 5.26 Å². The minimum Gasteiger partial charge on any atom is -0.192 e. The molecule has 0 radical (unpaired) electrons. The lowest BCUT2D eigenvalue weighted by Crippen LogP contribution is -1.84. The van der Waals surface area contributed by atoms with Gasteiger partial charge in [-0.05, 0) is 41.5 Å². The first-order valence-corrected chi connectivity index (χ1v) is 6.40. The van der Waals surface area contributed by atoms with Gasteiger partial charge in [-0.2, -0.15) is 10.5 Å². The Morgan fingerprint density at radius 1 is 1.05 bits per heavy atom. The van der Waals surface area contributed by atoms with Gasteiger partial charge >= 0.3 is 0 Å². The van der Waals surface area contributed by atoms with Gasteiger partial charge in [0.15, 0.2) is 0 Å². The maximum absolute atomic E-state index is 9.26. The Bertz CT molecular complexity index is 718. The van der Waals surface area contributed by atoms with E-state index in [1.54, 1.807) is 24.3 Å². The van der Waals surface area contributed by atoms with Crippen molar-refractivity contribution in [1.29, 1.82) is 10.5 Å². The Morgan fingerprint density at radius 2 is 1.84 bits per heavy atom. The summed E-state index contributed by atoms with van der Waals surface area (Å²) >= 11 is 3.40. The first-order valence-electron chi connectivity index (χ1n) is 5.61. The van der Waals surface area contributed by atoms with Crippen LogP contribution in [0.2, 0.25) is 0 Å². The van der Waals surface area contributed by atoms with Gasteiger partial charge in [0.05, 0.1) is 23.3 Å². The molecule has 0 heterocycles. The van der Waals surface area contributed by atoms with Crippen LogP contribution in [-0.2, 0) is 0 Å². The first-order chi connectivity index (χ1) is 9.22. The van der Waals surface area contributed by atoms with Crippen molar-refractivity contribution in [3.8, 4) is 12.1 Å². The first kappa shape index (κ1) is 13.1. The zero-order chi connectivity index (χ0) is 13.7. The quantitative estimate of drug-likeness (QED) is 0.610. The van der Waals surface area contributed by atoms with Crippen LogP contribution >= 0.6 is 15.9 Å². The molecule has 0 N–H and O–H groups in total. The van der Waals surface area contributed by atoms with Crippen LogP contribution in [0.5, 0.6) is 0 Å². The summed E-state index contributed by atoms with van der Waals surface area (Å²) in [5.41, 5.74) is 2.78. The van der Waals surface area contributed by atoms with E-state index in [2.05, 4.69) is 28.1 Å². The van der Waals surface area contributed by atoms with Crippen LogP contribution in [0.1, 0.15) is 16.7 Å². The van der Waals surface area contributed by atoms with E-state index in [0.29, 0.717) is 11.1 Å². The number of benzene rings is 2. The van der Waals surface area contributed by atoms with Crippen molar-refractivity contribution in [2.45, 2.75) is 0 Å². The fraction of sp³-hybridized carbons (Fsp3) is 0. The number of hydrogen-bond acceptors (Lipinski definition) is 2. The van der Waals surface area contributed by atoms with E-state index >= 15 is 0 Å². The van der Waals surface area contributed by atoms with Crippen LogP contribution < -0.4 is 0 Å². The standard InChI is InChI=1S/C16H9BrN2/c17-16-6-2-3-12(9-16)7-15(11-19)14-5-1-4-13(8-14)10-18/h1-9H/b15-7-. The molecule has 0 spiro atoms. The molecule has 0 saturated carbocycles. The summed E-state index contributed by atoms with van der Waals surface area (Å²) in [7, 11) is 0. The Hall–Kier alpha value is -2.36. The summed E-state index contributed by atoms with van der Waals surface area (Å²) in [5.74, 6) is 0. The van der Waals surface area contributed by atoms with Crippen LogP contribution in [0, 0.1) is 22.7 Å². The largest absolute Gasteiger partial charge is 0.192 e. The number of rotatable bonds is 2. The molecule has 19 heavy (non-hydrogen) atoms. The SMILES string of the molecule is N#C/C(=C/c1cccc(Br)c1)c1cccc(C#N)c1. The van der Waals surface area contributed by atoms with Crippen molar-refractivity contribution < 1.29 is 0 Å². The maximum Gasteiger partial charge on any atom is 0.0998 e. The van der Waals surface area contributed by atoms with Crippen LogP contribution in [0.15, 0.2) is 53.0 Å². The fourth-order valence-corrected chi connectivity index (χ4v) is 2.12. The Kier molecular flexibility index (Phi) is 4.13. The number of hydrogen-bond donors (Lipinski definition) is 0. The van der Waals surface area contributed by atoms with E-state index in [4.69, 9.17) is 5.26 Å². The number of halogens is 1. The molecule has 0 fully saturated rings. The number of nitriles is 2. The van der Waals surface area contributed by atoms with Gasteiger partial charge in [0.2, 0.25) is 0 Å². The lowest BCUT2D eigenvalue weighted by Gasteiger charge is -2.01. The van der Waals surface area contributed by atoms with Gasteiger partial charge in [-0.15, -0.1) is 0 Å². The molecule has 0 aromatic heterocycles. The lowest BCUT2D eigenvalue weighted by molar-refractivity contribution is 1.47. The zero-order valence-corrected chi connectivity index (χ0v) is 11.6. The van der Waals surface area contributed by atoms with E-state index < -0.39 is 0 Å². The van der Waals surface area contributed by atoms with Crippen LogP contribution in [0.25, 0.3) is 11.6 Å². The smallest absolute Gasteiger partial charge is 0.0998 e. The van der Waals surface area contributed by atoms with E-state index in [1.165, 1.54) is 0 Å². The minimum absolute atomic E-state index is 0.537. The van der Waals surface area contributed by atoms with Gasteiger partial charge in [-0.3, -0.25) is 0 Å². The molecule has 0 aliphatic carbocycles. The molecule has 3 heteroatoms. The highest BCUT2D eigenvalue weighted by atomic mass is 79.9. The third-order valence-corrected chi connectivity index (χ3v) is 3.08. The van der Waals surface area contributed by atoms with Crippen molar-refractivity contribution in [3.63, 3.8) is 0 Å². The summed E-state index contributed by atoms with van der Waals surface area (Å²) in [6.45, 7) is 0. The summed E-state index contributed by atoms with van der Waals surface area (Å²) in [5, 5.41) is 18.1. The van der Waals surface area contributed by atoms with Crippen molar-refractivity contribution >= 4 is 27.6 Å². The predicted molar refractivity (Wildman–Crippen MR) is 78.8 cm³/mol. The summed E-state index contributed by atoms with van der Waals surface area (Å²) in [6, 6.07) is 19.0. The van der Waals surface area contributed by atoms with E-state index in [-0.39, 0.29) is 0 Å². The third-order valence-electron chi connectivity index (χ3n) is 2.58. The van der Waals surface area contributed by atoms with Gasteiger partial charge in [-0.1, -0.05) is 40.2 Å². The molecule has 0 saturated heterocycles. The second-order valence-corrected chi connectivity index (χ2v) is 4.83. The molecular weight excluding hydrogens is 300 g/mol. The summed E-state index contributed by atoms with van der Waals surface area (Å²) in [4.78, 5) is 0. The van der Waals surface area contributed by atoms with Crippen molar-refractivity contribution in [2.75, 3.05) is 0 Å². The maximum atomic E-state index is 9.26. The molecule has 0 bridgehead atoms. The second kappa shape index (κ2) is 6.00. The number of nitrogens with zero attached hydrogens (tertiary/aromatic N) is 2. The van der Waals surface area contributed by atoms with Crippen LogP contribution in [0.3, 0.4) is 0 Å². The zero-order valence-electron chi connectivity index (χ0n) is 9.97. The average Bonchev–Trinajstić information content (AvgIpc) is 2.45. The normalized spacial score (nSPS) is 10.6. The molecule has 0 aliphatic heterocycles. The van der Waals surface area contributed by atoms with Gasteiger partial charge in [-0.25, -0.2) is 0 Å². The highest BCUT2D eigenvalue weighted by Crippen LogP contribution is 2.20. The van der Waals surface area contributed by atoms with E-state index in [1.807, 2.05) is 30.3 Å². The van der Waals surface area contributed by atoms with Gasteiger partial charge in [0.1, 0.15) is 0 Å². The number of allylic oxidation sites excluding steroid dienone is 1. The molecule has 0 unspecified atom stereocenters. The summed E-state index contributed by atoms with van der Waals surface area (Å²) < 4.78 is 0.962. The topological polar surface area (TPSA) is 47.6 Å². The lowest BCUT2D eigenvalue weighted by atomic mass is 10.0. The van der Waals surface area contributed by atoms with Crippen molar-refractivity contribution in [2.24, 2.45) is 0 Å². The minimum atomic E-state index is 0.537. The molecule has 0 aliphatic rings. The summed E-state index contributed by atoms with van der Waals surface area (Å²) in [6.07, 6.45) is 1.81. The molecule has 0 atom stereocenters. The fourth-order valence-electron chi connectivity index (χ4n) is 1.70. The average molecular weight is 309 g/mol. The highest BCUT2D eigenvalue weighted by Gasteiger charge is 2.02. The van der Waals surface area contributed by atoms with Crippen molar-refractivity contribution in [3.05, 3.63) is 69.7 Å². The monoisotopic (exact) mass is 308 g/mol. The Morgan fingerprint density at radius 3 is 2.53 bits per heavy atom. The molecule has 2 aromatic carbocycles. The molecule has 90 valence electrons. The van der Waals surface area contributed by atoms with Gasteiger partial charge < -0.3 is 0 Å². The molecule has 2 aromatic rings. The van der Waals surface area contributed by atoms with Crippen LogP contribution in [0.4, 0.5) is 0 Å². The van der Waals surface area contributed by atoms with Gasteiger partial charge in [0.25, 0.3) is 0 Å². The van der Waals surface area contributed by atoms with Crippen molar-refractivity contribution in [1.82, 2.24) is 0 Å². The third kappa shape index (κ3) is 3.31. The molecule has 2 nitrogen and oxygen atoms in total. The Labute approximate surface area is 120 Å². The highest BCUT2D eigenvalue weighted by molar-refractivity contribution is 9.10. The second-order valence-electron chi connectivity index (χ2n) is 3.92. The van der Waals surface area contributed by atoms with Gasteiger partial charge in [0, 0.05) is 4.47 Å². The Balaban J connectivity index is 2.46. The molecule has 0 amide bonds.